The van der Waals surface area contributed by atoms with Gasteiger partial charge in [0.15, 0.2) is 11.6 Å². The van der Waals surface area contributed by atoms with Crippen molar-refractivity contribution in [3.8, 4) is 11.3 Å². The molecule has 3 heterocycles. The van der Waals surface area contributed by atoms with Crippen LogP contribution in [-0.2, 0) is 13.0 Å². The van der Waals surface area contributed by atoms with Gasteiger partial charge in [0.05, 0.1) is 17.6 Å². The zero-order chi connectivity index (χ0) is 20.0. The summed E-state index contributed by atoms with van der Waals surface area (Å²) in [4.78, 5) is 9.21. The maximum atomic E-state index is 13.2. The van der Waals surface area contributed by atoms with E-state index >= 15 is 0 Å². The van der Waals surface area contributed by atoms with Crippen LogP contribution in [0.25, 0.3) is 33.2 Å². The van der Waals surface area contributed by atoms with Crippen LogP contribution >= 0.6 is 0 Å². The minimum absolute atomic E-state index is 0.284. The highest BCUT2D eigenvalue weighted by Crippen LogP contribution is 2.30. The summed E-state index contributed by atoms with van der Waals surface area (Å²) < 4.78 is 20.9. The van der Waals surface area contributed by atoms with E-state index in [1.165, 1.54) is 12.1 Å². The van der Waals surface area contributed by atoms with Gasteiger partial charge >= 0.3 is 0 Å². The molecule has 0 atom stereocenters. The fraction of sp³-hybridized carbons (Fsp3) is 0.136. The van der Waals surface area contributed by atoms with Crippen molar-refractivity contribution in [3.05, 3.63) is 72.0 Å². The van der Waals surface area contributed by atoms with Crippen LogP contribution in [0, 0.1) is 5.82 Å². The summed E-state index contributed by atoms with van der Waals surface area (Å²) in [6, 6.07) is 15.9. The molecule has 0 fully saturated rings. The van der Waals surface area contributed by atoms with Crippen molar-refractivity contribution in [1.82, 2.24) is 19.7 Å². The van der Waals surface area contributed by atoms with Crippen LogP contribution in [0.2, 0.25) is 0 Å². The Bertz CT molecular complexity index is 1340. The number of fused-ring (bicyclic) bond motifs is 3. The lowest BCUT2D eigenvalue weighted by Crippen LogP contribution is -2.04. The minimum atomic E-state index is -0.284. The number of imidazole rings is 1. The van der Waals surface area contributed by atoms with Gasteiger partial charge in [0, 0.05) is 23.4 Å². The van der Waals surface area contributed by atoms with Crippen LogP contribution < -0.4 is 5.73 Å². The maximum Gasteiger partial charge on any atom is 0.157 e. The van der Waals surface area contributed by atoms with Gasteiger partial charge in [-0.25, -0.2) is 14.4 Å². The Hall–Kier alpha value is -3.74. The number of pyridine rings is 1. The fourth-order valence-electron chi connectivity index (χ4n) is 3.65. The summed E-state index contributed by atoms with van der Waals surface area (Å²) in [6.45, 7) is 2.51. The fourth-order valence-corrected chi connectivity index (χ4v) is 3.65. The first-order valence-corrected chi connectivity index (χ1v) is 9.39. The number of halogens is 1. The molecular weight excluding hydrogens is 369 g/mol. The van der Waals surface area contributed by atoms with Crippen molar-refractivity contribution in [3.63, 3.8) is 0 Å². The van der Waals surface area contributed by atoms with Gasteiger partial charge in [0.2, 0.25) is 0 Å². The molecule has 0 aliphatic carbocycles. The molecule has 5 rings (SSSR count). The van der Waals surface area contributed by atoms with E-state index in [4.69, 9.17) is 15.2 Å². The van der Waals surface area contributed by atoms with Crippen LogP contribution in [-0.4, -0.2) is 19.7 Å². The third kappa shape index (κ3) is 2.91. The summed E-state index contributed by atoms with van der Waals surface area (Å²) in [7, 11) is 0. The number of nitrogens with two attached hydrogens (primary N) is 1. The van der Waals surface area contributed by atoms with Crippen LogP contribution in [0.4, 0.5) is 10.2 Å². The van der Waals surface area contributed by atoms with Gasteiger partial charge in [0.25, 0.3) is 0 Å². The number of para-hydroxylation sites is 1. The molecule has 0 aliphatic rings. The zero-order valence-corrected chi connectivity index (χ0v) is 15.8. The van der Waals surface area contributed by atoms with E-state index in [0.717, 1.165) is 34.2 Å². The summed E-state index contributed by atoms with van der Waals surface area (Å²) in [5, 5.41) is 5.13. The number of nitrogens with zero attached hydrogens (tertiary/aromatic N) is 4. The van der Waals surface area contributed by atoms with Gasteiger partial charge in [-0.05, 0) is 30.3 Å². The van der Waals surface area contributed by atoms with Crippen molar-refractivity contribution >= 4 is 27.8 Å². The first-order valence-electron chi connectivity index (χ1n) is 9.39. The third-order valence-electron chi connectivity index (χ3n) is 5.02. The summed E-state index contributed by atoms with van der Waals surface area (Å²) >= 11 is 0. The molecular formula is C22H18FN5O. The molecule has 6 nitrogen and oxygen atoms in total. The van der Waals surface area contributed by atoms with Crippen LogP contribution in [0.5, 0.6) is 0 Å². The van der Waals surface area contributed by atoms with E-state index in [-0.39, 0.29) is 5.82 Å². The SMILES string of the molecule is CCc1nc2c(N)nc3ccccc3c2n1Cc1cc(-c2ccc(F)cc2)no1. The van der Waals surface area contributed by atoms with E-state index in [0.29, 0.717) is 29.3 Å². The number of hydrogen-bond donors (Lipinski definition) is 1. The first kappa shape index (κ1) is 17.4. The summed E-state index contributed by atoms with van der Waals surface area (Å²) in [5.74, 6) is 1.70. The third-order valence-corrected chi connectivity index (χ3v) is 5.02. The van der Waals surface area contributed by atoms with Crippen LogP contribution in [0.1, 0.15) is 18.5 Å². The standard InChI is InChI=1S/C22H18FN5O/c1-2-19-26-20-21(16-5-3-4-6-17(16)25-22(20)24)28(19)12-15-11-18(27-29-15)13-7-9-14(23)10-8-13/h3-11H,2,12H2,1H3,(H2,24,25). The highest BCUT2D eigenvalue weighted by atomic mass is 19.1. The smallest absolute Gasteiger partial charge is 0.157 e. The van der Waals surface area contributed by atoms with E-state index in [9.17, 15) is 4.39 Å². The van der Waals surface area contributed by atoms with Crippen molar-refractivity contribution in [2.75, 3.05) is 5.73 Å². The largest absolute Gasteiger partial charge is 0.382 e. The van der Waals surface area contributed by atoms with Gasteiger partial charge in [-0.1, -0.05) is 30.3 Å². The zero-order valence-electron chi connectivity index (χ0n) is 15.8. The first-order chi connectivity index (χ1) is 14.1. The number of hydrogen-bond acceptors (Lipinski definition) is 5. The number of anilines is 1. The number of aryl methyl sites for hydroxylation is 1. The molecule has 5 aromatic rings. The van der Waals surface area contributed by atoms with E-state index in [2.05, 4.69) is 14.7 Å². The predicted octanol–water partition coefficient (Wildman–Crippen LogP) is 4.57. The molecule has 0 bridgehead atoms. The monoisotopic (exact) mass is 387 g/mol. The Morgan fingerprint density at radius 3 is 2.66 bits per heavy atom. The van der Waals surface area contributed by atoms with Gasteiger partial charge in [-0.3, -0.25) is 0 Å². The Morgan fingerprint density at radius 1 is 1.07 bits per heavy atom. The minimum Gasteiger partial charge on any atom is -0.382 e. The molecule has 3 aromatic heterocycles. The lowest BCUT2D eigenvalue weighted by molar-refractivity contribution is 0.378. The lowest BCUT2D eigenvalue weighted by Gasteiger charge is -2.08. The molecule has 2 N–H and O–H groups in total. The lowest BCUT2D eigenvalue weighted by atomic mass is 10.1. The van der Waals surface area contributed by atoms with Gasteiger partial charge in [-0.2, -0.15) is 0 Å². The average Bonchev–Trinajstić information content (AvgIpc) is 3.34. The van der Waals surface area contributed by atoms with Crippen LogP contribution in [0.3, 0.4) is 0 Å². The van der Waals surface area contributed by atoms with Crippen LogP contribution in [0.15, 0.2) is 59.1 Å². The summed E-state index contributed by atoms with van der Waals surface area (Å²) in [6.07, 6.45) is 0.738. The van der Waals surface area contributed by atoms with Gasteiger partial charge < -0.3 is 14.8 Å². The maximum absolute atomic E-state index is 13.2. The second-order valence-electron chi connectivity index (χ2n) is 6.86. The topological polar surface area (TPSA) is 82.8 Å². The molecule has 2 aromatic carbocycles. The number of nitrogen functional groups attached to an aromatic ring is 1. The van der Waals surface area contributed by atoms with Gasteiger partial charge in [-0.15, -0.1) is 0 Å². The highest BCUT2D eigenvalue weighted by molar-refractivity contribution is 6.06. The number of aromatic nitrogens is 4. The molecule has 0 saturated heterocycles. The number of benzene rings is 2. The highest BCUT2D eigenvalue weighted by Gasteiger charge is 2.18. The molecule has 7 heteroatoms. The molecule has 0 radical (unpaired) electrons. The molecule has 0 aliphatic heterocycles. The molecule has 29 heavy (non-hydrogen) atoms. The molecule has 0 amide bonds. The normalized spacial score (nSPS) is 11.5. The van der Waals surface area contributed by atoms with Crippen molar-refractivity contribution in [2.24, 2.45) is 0 Å². The van der Waals surface area contributed by atoms with E-state index < -0.39 is 0 Å². The van der Waals surface area contributed by atoms with E-state index in [1.807, 2.05) is 37.3 Å². The quantitative estimate of drug-likeness (QED) is 0.488. The Morgan fingerprint density at radius 2 is 1.86 bits per heavy atom. The molecule has 144 valence electrons. The second kappa shape index (κ2) is 6.70. The van der Waals surface area contributed by atoms with Crippen molar-refractivity contribution < 1.29 is 8.91 Å². The summed E-state index contributed by atoms with van der Waals surface area (Å²) in [5.41, 5.74) is 10.1. The second-order valence-corrected chi connectivity index (χ2v) is 6.86. The van der Waals surface area contributed by atoms with Gasteiger partial charge in [0.1, 0.15) is 22.9 Å². The Labute approximate surface area is 165 Å². The van der Waals surface area contributed by atoms with Crippen molar-refractivity contribution in [2.45, 2.75) is 19.9 Å². The average molecular weight is 387 g/mol. The molecule has 0 unspecified atom stereocenters. The van der Waals surface area contributed by atoms with E-state index in [1.54, 1.807) is 12.1 Å². The Kier molecular flexibility index (Phi) is 4.01. The Balaban J connectivity index is 1.63. The molecule has 0 saturated carbocycles. The molecule has 0 spiro atoms. The predicted molar refractivity (Wildman–Crippen MR) is 110 cm³/mol. The van der Waals surface area contributed by atoms with Crippen molar-refractivity contribution in [1.29, 1.82) is 0 Å². The number of rotatable bonds is 4.